The number of amides is 2. The smallest absolute Gasteiger partial charge is 0.254 e. The van der Waals surface area contributed by atoms with Gasteiger partial charge in [0.25, 0.3) is 5.91 Å². The summed E-state index contributed by atoms with van der Waals surface area (Å²) in [5.41, 5.74) is 5.26. The van der Waals surface area contributed by atoms with Crippen LogP contribution in [0, 0.1) is 11.3 Å². The first-order valence-electron chi connectivity index (χ1n) is 12.3. The normalized spacial score (nSPS) is 19.7. The van der Waals surface area contributed by atoms with Gasteiger partial charge in [-0.2, -0.15) is 5.26 Å². The lowest BCUT2D eigenvalue weighted by atomic mass is 9.93. The molecular formula is C27H31N5O3. The largest absolute Gasteiger partial charge is 0.384 e. The third-order valence-electron chi connectivity index (χ3n) is 7.32. The monoisotopic (exact) mass is 473 g/mol. The first kappa shape index (κ1) is 23.3. The minimum absolute atomic E-state index is 0.0180. The minimum atomic E-state index is 0.0180. The summed E-state index contributed by atoms with van der Waals surface area (Å²) in [7, 11) is 3.42. The molecule has 1 saturated carbocycles. The summed E-state index contributed by atoms with van der Waals surface area (Å²) in [6.07, 6.45) is 2.54. The van der Waals surface area contributed by atoms with Gasteiger partial charge in [0.1, 0.15) is 11.9 Å². The average molecular weight is 474 g/mol. The Morgan fingerprint density at radius 3 is 2.69 bits per heavy atom. The summed E-state index contributed by atoms with van der Waals surface area (Å²) < 4.78 is 5.06. The molecule has 35 heavy (non-hydrogen) atoms. The molecule has 2 aromatic rings. The molecule has 1 atom stereocenters. The van der Waals surface area contributed by atoms with Crippen molar-refractivity contribution in [3.05, 3.63) is 46.6 Å². The van der Waals surface area contributed by atoms with E-state index in [4.69, 9.17) is 9.72 Å². The van der Waals surface area contributed by atoms with Gasteiger partial charge >= 0.3 is 0 Å². The number of nitrogens with zero attached hydrogens (tertiary/aromatic N) is 5. The molecule has 3 aliphatic rings. The van der Waals surface area contributed by atoms with E-state index in [2.05, 4.69) is 11.0 Å². The Morgan fingerprint density at radius 2 is 2.00 bits per heavy atom. The van der Waals surface area contributed by atoms with E-state index in [9.17, 15) is 14.9 Å². The molecule has 0 radical (unpaired) electrons. The zero-order chi connectivity index (χ0) is 24.7. The predicted octanol–water partition coefficient (Wildman–Crippen LogP) is 3.16. The Labute approximate surface area is 206 Å². The number of rotatable bonds is 6. The highest BCUT2D eigenvalue weighted by Crippen LogP contribution is 2.46. The fourth-order valence-electron chi connectivity index (χ4n) is 5.30. The second kappa shape index (κ2) is 9.31. The van der Waals surface area contributed by atoms with E-state index in [0.29, 0.717) is 56.5 Å². The number of carbonyl (C=O) groups excluding carboxylic acids is 2. The van der Waals surface area contributed by atoms with E-state index in [1.807, 2.05) is 43.1 Å². The zero-order valence-corrected chi connectivity index (χ0v) is 20.6. The van der Waals surface area contributed by atoms with Gasteiger partial charge in [-0.05, 0) is 43.0 Å². The molecule has 2 aliphatic heterocycles. The molecule has 1 aliphatic carbocycles. The van der Waals surface area contributed by atoms with Gasteiger partial charge in [-0.25, -0.2) is 4.98 Å². The van der Waals surface area contributed by atoms with Crippen molar-refractivity contribution in [1.82, 2.24) is 14.8 Å². The Balaban J connectivity index is 1.49. The quantitative estimate of drug-likeness (QED) is 0.640. The number of pyridine rings is 1. The van der Waals surface area contributed by atoms with Crippen molar-refractivity contribution in [2.24, 2.45) is 0 Å². The maximum absolute atomic E-state index is 12.6. The third kappa shape index (κ3) is 4.25. The van der Waals surface area contributed by atoms with Gasteiger partial charge in [0.15, 0.2) is 0 Å². The highest BCUT2D eigenvalue weighted by Gasteiger charge is 2.35. The number of anilines is 1. The van der Waals surface area contributed by atoms with Crippen molar-refractivity contribution in [2.75, 3.05) is 45.3 Å². The van der Waals surface area contributed by atoms with Crippen LogP contribution in [0.1, 0.15) is 59.3 Å². The Kier molecular flexibility index (Phi) is 6.20. The summed E-state index contributed by atoms with van der Waals surface area (Å²) in [6.45, 7) is 4.88. The molecule has 0 N–H and O–H groups in total. The van der Waals surface area contributed by atoms with Crippen LogP contribution >= 0.6 is 0 Å². The molecule has 1 saturated heterocycles. The van der Waals surface area contributed by atoms with Gasteiger partial charge in [0.05, 0.1) is 24.3 Å². The topological polar surface area (TPSA) is 89.8 Å². The molecule has 8 nitrogen and oxygen atoms in total. The number of carbonyl (C=O) groups is 2. The van der Waals surface area contributed by atoms with Gasteiger partial charge < -0.3 is 19.4 Å². The lowest BCUT2D eigenvalue weighted by Gasteiger charge is -2.41. The molecular weight excluding hydrogens is 442 g/mol. The summed E-state index contributed by atoms with van der Waals surface area (Å²) in [5, 5.41) is 10.1. The second-order valence-electron chi connectivity index (χ2n) is 9.80. The van der Waals surface area contributed by atoms with Gasteiger partial charge in [0, 0.05) is 63.4 Å². The van der Waals surface area contributed by atoms with E-state index in [-0.39, 0.29) is 17.9 Å². The fourth-order valence-corrected chi connectivity index (χ4v) is 5.30. The number of ether oxygens (including phenoxy) is 1. The molecule has 182 valence electrons. The number of hydrogen-bond donors (Lipinski definition) is 0. The molecule has 0 bridgehead atoms. The molecule has 3 heterocycles. The Bertz CT molecular complexity index is 1220. The van der Waals surface area contributed by atoms with Crippen LogP contribution in [0.15, 0.2) is 24.3 Å². The highest BCUT2D eigenvalue weighted by molar-refractivity contribution is 6.00. The van der Waals surface area contributed by atoms with Crippen molar-refractivity contribution < 1.29 is 14.3 Å². The molecule has 2 amide bonds. The molecule has 8 heteroatoms. The van der Waals surface area contributed by atoms with E-state index in [0.717, 1.165) is 40.8 Å². The number of piperazine rings is 1. The van der Waals surface area contributed by atoms with E-state index < -0.39 is 0 Å². The lowest BCUT2D eigenvalue weighted by Crippen LogP contribution is -2.54. The second-order valence-corrected chi connectivity index (χ2v) is 9.80. The first-order valence-corrected chi connectivity index (χ1v) is 12.3. The maximum atomic E-state index is 12.6. The van der Waals surface area contributed by atoms with Crippen LogP contribution in [0.4, 0.5) is 5.82 Å². The predicted molar refractivity (Wildman–Crippen MR) is 132 cm³/mol. The van der Waals surface area contributed by atoms with Crippen LogP contribution < -0.4 is 4.90 Å². The van der Waals surface area contributed by atoms with Crippen molar-refractivity contribution in [2.45, 2.75) is 44.7 Å². The van der Waals surface area contributed by atoms with Crippen molar-refractivity contribution in [3.63, 3.8) is 0 Å². The number of benzene rings is 1. The summed E-state index contributed by atoms with van der Waals surface area (Å²) >= 11 is 0. The summed E-state index contributed by atoms with van der Waals surface area (Å²) in [5.74, 6) is 1.21. The van der Waals surface area contributed by atoms with Crippen LogP contribution in [0.5, 0.6) is 0 Å². The number of fused-ring (bicyclic) bond motifs is 1. The third-order valence-corrected chi connectivity index (χ3v) is 7.32. The van der Waals surface area contributed by atoms with Gasteiger partial charge in [-0.1, -0.05) is 12.1 Å². The number of hydrogen-bond acceptors (Lipinski definition) is 6. The van der Waals surface area contributed by atoms with Crippen LogP contribution in [0.3, 0.4) is 0 Å². The first-order chi connectivity index (χ1) is 16.9. The van der Waals surface area contributed by atoms with Crippen molar-refractivity contribution >= 4 is 17.6 Å². The Hall–Kier alpha value is -3.44. The molecule has 2 fully saturated rings. The van der Waals surface area contributed by atoms with Crippen molar-refractivity contribution in [3.8, 4) is 17.2 Å². The molecule has 1 unspecified atom stereocenters. The zero-order valence-electron chi connectivity index (χ0n) is 20.6. The molecule has 5 rings (SSSR count). The Morgan fingerprint density at radius 1 is 1.23 bits per heavy atom. The van der Waals surface area contributed by atoms with Crippen LogP contribution in [0.2, 0.25) is 0 Å². The number of methoxy groups -OCH3 is 1. The maximum Gasteiger partial charge on any atom is 0.254 e. The summed E-state index contributed by atoms with van der Waals surface area (Å²) in [4.78, 5) is 36.0. The van der Waals surface area contributed by atoms with Crippen molar-refractivity contribution in [1.29, 1.82) is 5.26 Å². The SMILES string of the molecule is COCCC(=O)N1CCN(c2nc(C3CC3)c(-c3cccc4c3CN(C)C4=O)cc2C#N)CC1C. The van der Waals surface area contributed by atoms with Gasteiger partial charge in [0.2, 0.25) is 5.91 Å². The lowest BCUT2D eigenvalue weighted by molar-refractivity contribution is -0.134. The van der Waals surface area contributed by atoms with Gasteiger partial charge in [-0.3, -0.25) is 9.59 Å². The number of nitriles is 1. The molecule has 0 spiro atoms. The van der Waals surface area contributed by atoms with Crippen LogP contribution in [-0.4, -0.2) is 73.0 Å². The molecule has 1 aromatic carbocycles. The fraction of sp³-hybridized carbons (Fsp3) is 0.481. The summed E-state index contributed by atoms with van der Waals surface area (Å²) in [6, 6.07) is 10.2. The molecule has 1 aromatic heterocycles. The van der Waals surface area contributed by atoms with E-state index in [1.165, 1.54) is 0 Å². The van der Waals surface area contributed by atoms with E-state index >= 15 is 0 Å². The average Bonchev–Trinajstić information content (AvgIpc) is 3.67. The number of aromatic nitrogens is 1. The van der Waals surface area contributed by atoms with Gasteiger partial charge in [-0.15, -0.1) is 0 Å². The van der Waals surface area contributed by atoms with Crippen LogP contribution in [0.25, 0.3) is 11.1 Å². The standard InChI is InChI=1S/C27H31N5O3/c1-17-15-31(10-11-32(17)24(33)9-12-35-3)26-19(14-28)13-22(25(29-26)18-7-8-18)20-5-4-6-21-23(20)16-30(2)27(21)34/h4-6,13,17-18H,7-12,15-16H2,1-3H3. The highest BCUT2D eigenvalue weighted by atomic mass is 16.5. The minimum Gasteiger partial charge on any atom is -0.384 e. The van der Waals surface area contributed by atoms with E-state index in [1.54, 1.807) is 12.0 Å². The van der Waals surface area contributed by atoms with Crippen LogP contribution in [-0.2, 0) is 16.1 Å².